The maximum Gasteiger partial charge on any atom is 0.262 e. The molecule has 20 heavy (non-hydrogen) atoms. The molecule has 0 fully saturated rings. The molecule has 1 aromatic heterocycles. The number of nitrogens with one attached hydrogen (secondary N) is 1. The Balaban J connectivity index is 2.43. The van der Waals surface area contributed by atoms with Crippen LogP contribution < -0.4 is 10.3 Å². The van der Waals surface area contributed by atoms with Gasteiger partial charge in [-0.05, 0) is 37.1 Å². The molecule has 0 spiro atoms. The first-order valence-corrected chi connectivity index (χ1v) is 7.55. The van der Waals surface area contributed by atoms with E-state index < -0.39 is 10.0 Å². The van der Waals surface area contributed by atoms with Gasteiger partial charge in [-0.3, -0.25) is 9.52 Å². The standard InChI is InChI=1S/C14H16N2O3S/c1-10-4-5-11(2)13(8-10)20(18,19)15-12-6-7-14(17)16(3)9-12/h4-9,15H,1-3H3. The number of sulfonamides is 1. The highest BCUT2D eigenvalue weighted by atomic mass is 32.2. The van der Waals surface area contributed by atoms with Crippen LogP contribution in [0.5, 0.6) is 0 Å². The highest BCUT2D eigenvalue weighted by Crippen LogP contribution is 2.19. The van der Waals surface area contributed by atoms with Crippen LogP contribution in [-0.2, 0) is 17.1 Å². The Hall–Kier alpha value is -2.08. The van der Waals surface area contributed by atoms with Crippen molar-refractivity contribution < 1.29 is 8.42 Å². The molecule has 106 valence electrons. The van der Waals surface area contributed by atoms with Crippen molar-refractivity contribution >= 4 is 15.7 Å². The third-order valence-electron chi connectivity index (χ3n) is 2.97. The van der Waals surface area contributed by atoms with Gasteiger partial charge >= 0.3 is 0 Å². The Labute approximate surface area is 117 Å². The minimum absolute atomic E-state index is 0.195. The van der Waals surface area contributed by atoms with Crippen molar-refractivity contribution in [1.29, 1.82) is 0 Å². The van der Waals surface area contributed by atoms with Gasteiger partial charge in [0.05, 0.1) is 10.6 Å². The molecule has 6 heteroatoms. The summed E-state index contributed by atoms with van der Waals surface area (Å²) in [5, 5.41) is 0. The van der Waals surface area contributed by atoms with Crippen molar-refractivity contribution in [2.45, 2.75) is 18.7 Å². The molecule has 0 unspecified atom stereocenters. The van der Waals surface area contributed by atoms with Crippen LogP contribution in [0.2, 0.25) is 0 Å². The maximum atomic E-state index is 12.4. The van der Waals surface area contributed by atoms with Gasteiger partial charge < -0.3 is 4.57 Å². The van der Waals surface area contributed by atoms with Crippen molar-refractivity contribution in [3.8, 4) is 0 Å². The minimum Gasteiger partial charge on any atom is -0.316 e. The van der Waals surface area contributed by atoms with Crippen LogP contribution in [0.25, 0.3) is 0 Å². The summed E-state index contributed by atoms with van der Waals surface area (Å²) in [7, 11) is -2.09. The SMILES string of the molecule is Cc1ccc(C)c(S(=O)(=O)Nc2ccc(=O)n(C)c2)c1. The number of pyridine rings is 1. The van der Waals surface area contributed by atoms with E-state index in [0.717, 1.165) is 5.56 Å². The van der Waals surface area contributed by atoms with Crippen LogP contribution in [0.15, 0.2) is 46.2 Å². The van der Waals surface area contributed by atoms with Gasteiger partial charge in [0.1, 0.15) is 0 Å². The van der Waals surface area contributed by atoms with Crippen molar-refractivity contribution in [2.24, 2.45) is 7.05 Å². The average Bonchev–Trinajstić information content (AvgIpc) is 2.36. The molecule has 0 radical (unpaired) electrons. The van der Waals surface area contributed by atoms with Crippen molar-refractivity contribution in [3.63, 3.8) is 0 Å². The van der Waals surface area contributed by atoms with Crippen LogP contribution in [-0.4, -0.2) is 13.0 Å². The minimum atomic E-state index is -3.66. The van der Waals surface area contributed by atoms with Crippen LogP contribution >= 0.6 is 0 Å². The molecule has 2 rings (SSSR count). The zero-order valence-electron chi connectivity index (χ0n) is 11.5. The Bertz CT molecular complexity index is 807. The van der Waals surface area contributed by atoms with Crippen LogP contribution in [0, 0.1) is 13.8 Å². The average molecular weight is 292 g/mol. The fraction of sp³-hybridized carbons (Fsp3) is 0.214. The second-order valence-corrected chi connectivity index (χ2v) is 6.39. The normalized spacial score (nSPS) is 11.3. The molecule has 0 bridgehead atoms. The van der Waals surface area contributed by atoms with E-state index in [1.165, 1.54) is 22.9 Å². The first-order chi connectivity index (χ1) is 9.29. The summed E-state index contributed by atoms with van der Waals surface area (Å²) in [5.74, 6) is 0. The lowest BCUT2D eigenvalue weighted by Crippen LogP contribution is -2.18. The van der Waals surface area contributed by atoms with Gasteiger partial charge in [-0.25, -0.2) is 8.42 Å². The van der Waals surface area contributed by atoms with E-state index in [-0.39, 0.29) is 10.5 Å². The van der Waals surface area contributed by atoms with Crippen LogP contribution in [0.3, 0.4) is 0 Å². The van der Waals surface area contributed by atoms with E-state index in [2.05, 4.69) is 4.72 Å². The zero-order valence-corrected chi connectivity index (χ0v) is 12.4. The molecule has 1 heterocycles. The summed E-state index contributed by atoms with van der Waals surface area (Å²) in [5.41, 5.74) is 1.71. The molecule has 1 N–H and O–H groups in total. The molecule has 5 nitrogen and oxygen atoms in total. The van der Waals surface area contributed by atoms with Gasteiger partial charge in [0.15, 0.2) is 0 Å². The fourth-order valence-corrected chi connectivity index (χ4v) is 3.24. The van der Waals surface area contributed by atoms with Gasteiger partial charge in [0.2, 0.25) is 5.56 Å². The zero-order chi connectivity index (χ0) is 14.9. The number of rotatable bonds is 3. The summed E-state index contributed by atoms with van der Waals surface area (Å²) in [6.45, 7) is 3.58. The van der Waals surface area contributed by atoms with Crippen molar-refractivity contribution in [1.82, 2.24) is 4.57 Å². The third kappa shape index (κ3) is 2.91. The topological polar surface area (TPSA) is 68.2 Å². The third-order valence-corrected chi connectivity index (χ3v) is 4.49. The van der Waals surface area contributed by atoms with Gasteiger partial charge in [-0.2, -0.15) is 0 Å². The van der Waals surface area contributed by atoms with Gasteiger partial charge in [0.25, 0.3) is 10.0 Å². The van der Waals surface area contributed by atoms with E-state index in [1.54, 1.807) is 26.1 Å². The predicted molar refractivity (Wildman–Crippen MR) is 78.4 cm³/mol. The number of hydrogen-bond donors (Lipinski definition) is 1. The molecule has 0 aliphatic rings. The molecule has 0 aliphatic carbocycles. The Morgan fingerprint density at radius 1 is 1.10 bits per heavy atom. The number of nitrogens with zero attached hydrogens (tertiary/aromatic N) is 1. The quantitative estimate of drug-likeness (QED) is 0.938. The summed E-state index contributed by atoms with van der Waals surface area (Å²) >= 11 is 0. The number of hydrogen-bond acceptors (Lipinski definition) is 3. The molecule has 0 aliphatic heterocycles. The van der Waals surface area contributed by atoms with Crippen molar-refractivity contribution in [3.05, 3.63) is 58.0 Å². The maximum absolute atomic E-state index is 12.4. The molecule has 1 aromatic carbocycles. The second-order valence-electron chi connectivity index (χ2n) is 4.74. The summed E-state index contributed by atoms with van der Waals surface area (Å²) in [6, 6.07) is 8.02. The second kappa shape index (κ2) is 5.13. The molecule has 2 aromatic rings. The molecular formula is C14H16N2O3S. The van der Waals surface area contributed by atoms with Crippen molar-refractivity contribution in [2.75, 3.05) is 4.72 Å². The van der Waals surface area contributed by atoms with E-state index in [1.807, 2.05) is 13.0 Å². The lowest BCUT2D eigenvalue weighted by Gasteiger charge is -2.11. The van der Waals surface area contributed by atoms with Gasteiger partial charge in [-0.15, -0.1) is 0 Å². The Morgan fingerprint density at radius 3 is 2.45 bits per heavy atom. The lowest BCUT2D eigenvalue weighted by molar-refractivity contribution is 0.600. The van der Waals surface area contributed by atoms with E-state index >= 15 is 0 Å². The summed E-state index contributed by atoms with van der Waals surface area (Å²) in [4.78, 5) is 11.5. The molecule has 0 atom stereocenters. The molecule has 0 saturated carbocycles. The molecule has 0 amide bonds. The van der Waals surface area contributed by atoms with Crippen LogP contribution in [0.4, 0.5) is 5.69 Å². The van der Waals surface area contributed by atoms with E-state index in [9.17, 15) is 13.2 Å². The Morgan fingerprint density at radius 2 is 1.80 bits per heavy atom. The monoisotopic (exact) mass is 292 g/mol. The van der Waals surface area contributed by atoms with Gasteiger partial charge in [-0.1, -0.05) is 12.1 Å². The number of anilines is 1. The lowest BCUT2D eigenvalue weighted by atomic mass is 10.2. The number of benzene rings is 1. The van der Waals surface area contributed by atoms with E-state index in [0.29, 0.717) is 11.3 Å². The highest BCUT2D eigenvalue weighted by molar-refractivity contribution is 7.92. The van der Waals surface area contributed by atoms with Crippen LogP contribution in [0.1, 0.15) is 11.1 Å². The first kappa shape index (κ1) is 14.3. The smallest absolute Gasteiger partial charge is 0.262 e. The fourth-order valence-electron chi connectivity index (χ4n) is 1.86. The number of aromatic nitrogens is 1. The van der Waals surface area contributed by atoms with Gasteiger partial charge in [0, 0.05) is 19.3 Å². The first-order valence-electron chi connectivity index (χ1n) is 6.06. The Kier molecular flexibility index (Phi) is 3.67. The highest BCUT2D eigenvalue weighted by Gasteiger charge is 2.17. The molecular weight excluding hydrogens is 276 g/mol. The summed E-state index contributed by atoms with van der Waals surface area (Å²) in [6.07, 6.45) is 1.45. The summed E-state index contributed by atoms with van der Waals surface area (Å²) < 4.78 is 28.5. The van der Waals surface area contributed by atoms with E-state index in [4.69, 9.17) is 0 Å². The predicted octanol–water partition coefficient (Wildman–Crippen LogP) is 1.80. The molecule has 0 saturated heterocycles. The number of aryl methyl sites for hydroxylation is 3. The largest absolute Gasteiger partial charge is 0.316 e.